The van der Waals surface area contributed by atoms with E-state index in [0.717, 1.165) is 28.4 Å². The lowest BCUT2D eigenvalue weighted by Crippen LogP contribution is -2.28. The normalized spacial score (nSPS) is 15.3. The minimum Gasteiger partial charge on any atom is -0.497 e. The van der Waals surface area contributed by atoms with Crippen LogP contribution in [0.4, 0.5) is 0 Å². The van der Waals surface area contributed by atoms with Crippen molar-refractivity contribution in [3.8, 4) is 5.75 Å². The molecule has 1 aliphatic rings. The van der Waals surface area contributed by atoms with Crippen LogP contribution in [0.3, 0.4) is 0 Å². The Hall–Kier alpha value is -3.85. The average Bonchev–Trinajstić information content (AvgIpc) is 3.65. The largest absolute Gasteiger partial charge is 0.497 e. The number of thioether (sulfide) groups is 1. The summed E-state index contributed by atoms with van der Waals surface area (Å²) in [4.78, 5) is 13.3. The van der Waals surface area contributed by atoms with Gasteiger partial charge in [-0.05, 0) is 47.5 Å². The van der Waals surface area contributed by atoms with Crippen LogP contribution in [0.2, 0.25) is 0 Å². The van der Waals surface area contributed by atoms with E-state index in [4.69, 9.17) is 14.3 Å². The maximum atomic E-state index is 13.3. The third-order valence-corrected chi connectivity index (χ3v) is 6.92. The molecule has 178 valence electrons. The molecule has 0 fully saturated rings. The lowest BCUT2D eigenvalue weighted by Gasteiger charge is -2.19. The molecule has 8 nitrogen and oxygen atoms in total. The van der Waals surface area contributed by atoms with Crippen LogP contribution >= 0.6 is 11.8 Å². The van der Waals surface area contributed by atoms with Gasteiger partial charge in [-0.3, -0.25) is 4.79 Å². The number of hydrazone groups is 1. The van der Waals surface area contributed by atoms with Crippen molar-refractivity contribution in [3.05, 3.63) is 95.7 Å². The van der Waals surface area contributed by atoms with Crippen molar-refractivity contribution in [3.63, 3.8) is 0 Å². The van der Waals surface area contributed by atoms with Gasteiger partial charge in [0.2, 0.25) is 0 Å². The van der Waals surface area contributed by atoms with Crippen LogP contribution in [0, 0.1) is 0 Å². The van der Waals surface area contributed by atoms with Crippen molar-refractivity contribution in [1.29, 1.82) is 0 Å². The number of nitrogens with zero attached hydrogens (tertiary/aromatic N) is 5. The average molecular weight is 488 g/mol. The van der Waals surface area contributed by atoms with Gasteiger partial charge in [0.25, 0.3) is 5.91 Å². The molecule has 4 aromatic rings. The molecule has 2 aromatic carbocycles. The number of carbonyl (C=O) groups excluding carboxylic acids is 1. The molecule has 0 bridgehead atoms. The van der Waals surface area contributed by atoms with Crippen molar-refractivity contribution in [2.75, 3.05) is 12.9 Å². The van der Waals surface area contributed by atoms with E-state index in [2.05, 4.69) is 22.3 Å². The number of carbonyl (C=O) groups is 1. The maximum Gasteiger partial charge on any atom is 0.253 e. The van der Waals surface area contributed by atoms with Crippen LogP contribution in [0.5, 0.6) is 5.75 Å². The van der Waals surface area contributed by atoms with E-state index in [1.807, 2.05) is 66.2 Å². The summed E-state index contributed by atoms with van der Waals surface area (Å²) >= 11 is 1.36. The Kier molecular flexibility index (Phi) is 6.67. The van der Waals surface area contributed by atoms with Crippen LogP contribution in [-0.4, -0.2) is 44.3 Å². The molecule has 0 spiro atoms. The van der Waals surface area contributed by atoms with Gasteiger partial charge in [-0.25, -0.2) is 5.01 Å². The molecule has 0 saturated heterocycles. The van der Waals surface area contributed by atoms with Crippen LogP contribution in [-0.2, 0) is 18.3 Å². The molecule has 0 N–H and O–H groups in total. The van der Waals surface area contributed by atoms with Gasteiger partial charge in [0.05, 0.1) is 24.8 Å². The smallest absolute Gasteiger partial charge is 0.253 e. The topological polar surface area (TPSA) is 85.8 Å². The zero-order valence-corrected chi connectivity index (χ0v) is 20.3. The van der Waals surface area contributed by atoms with Crippen molar-refractivity contribution in [2.24, 2.45) is 12.1 Å². The molecule has 3 heterocycles. The molecule has 2 aromatic heterocycles. The minimum atomic E-state index is -0.289. The highest BCUT2D eigenvalue weighted by Crippen LogP contribution is 2.34. The summed E-state index contributed by atoms with van der Waals surface area (Å²) in [6.45, 7) is 0. The van der Waals surface area contributed by atoms with Crippen molar-refractivity contribution in [1.82, 2.24) is 19.8 Å². The predicted octanol–water partition coefficient (Wildman–Crippen LogP) is 4.48. The number of aromatic nitrogens is 3. The molecule has 1 unspecified atom stereocenters. The number of furan rings is 1. The van der Waals surface area contributed by atoms with Gasteiger partial charge in [0, 0.05) is 19.9 Å². The number of methoxy groups -OCH3 is 1. The molecule has 0 saturated carbocycles. The number of hydrogen-bond acceptors (Lipinski definition) is 7. The highest BCUT2D eigenvalue weighted by molar-refractivity contribution is 7.99. The molecule has 5 rings (SSSR count). The van der Waals surface area contributed by atoms with Gasteiger partial charge in [-0.15, -0.1) is 10.2 Å². The molecule has 1 atom stereocenters. The highest BCUT2D eigenvalue weighted by atomic mass is 32.2. The summed E-state index contributed by atoms with van der Waals surface area (Å²) in [5.74, 6) is 2.40. The second-order valence-electron chi connectivity index (χ2n) is 8.16. The van der Waals surface area contributed by atoms with E-state index in [0.29, 0.717) is 23.8 Å². The van der Waals surface area contributed by atoms with Crippen molar-refractivity contribution >= 4 is 23.4 Å². The number of rotatable bonds is 8. The summed E-state index contributed by atoms with van der Waals surface area (Å²) < 4.78 is 12.8. The van der Waals surface area contributed by atoms with E-state index in [-0.39, 0.29) is 17.7 Å². The third kappa shape index (κ3) is 5.00. The quantitative estimate of drug-likeness (QED) is 0.341. The molecule has 9 heteroatoms. The lowest BCUT2D eigenvalue weighted by molar-refractivity contribution is -0.130. The molecule has 1 aliphatic heterocycles. The molecule has 1 amide bonds. The monoisotopic (exact) mass is 487 g/mol. The molecular weight excluding hydrogens is 462 g/mol. The van der Waals surface area contributed by atoms with Crippen LogP contribution in [0.15, 0.2) is 87.7 Å². The first-order valence-electron chi connectivity index (χ1n) is 11.2. The van der Waals surface area contributed by atoms with E-state index in [9.17, 15) is 4.79 Å². The standard InChI is InChI=1S/C26H25N5O3S/c1-30-24(15-18-7-4-3-5-8-18)27-28-26(30)35-17-25(32)31-22(23-9-6-14-34-23)16-21(29-31)19-10-12-20(33-2)13-11-19/h3-14,22H,15-17H2,1-2H3. The van der Waals surface area contributed by atoms with Gasteiger partial charge in [-0.1, -0.05) is 42.1 Å². The number of hydrogen-bond donors (Lipinski definition) is 0. The minimum absolute atomic E-state index is 0.118. The first kappa shape index (κ1) is 22.9. The predicted molar refractivity (Wildman–Crippen MR) is 133 cm³/mol. The zero-order valence-electron chi connectivity index (χ0n) is 19.5. The van der Waals surface area contributed by atoms with E-state index >= 15 is 0 Å². The number of benzene rings is 2. The van der Waals surface area contributed by atoms with Crippen LogP contribution in [0.25, 0.3) is 0 Å². The summed E-state index contributed by atoms with van der Waals surface area (Å²) in [5.41, 5.74) is 2.94. The summed E-state index contributed by atoms with van der Waals surface area (Å²) in [6, 6.07) is 21.2. The third-order valence-electron chi connectivity index (χ3n) is 5.92. The Morgan fingerprint density at radius 3 is 2.60 bits per heavy atom. The molecule has 0 radical (unpaired) electrons. The molecular formula is C26H25N5O3S. The molecule has 0 aliphatic carbocycles. The zero-order chi connectivity index (χ0) is 24.2. The summed E-state index contributed by atoms with van der Waals surface area (Å²) in [7, 11) is 3.56. The first-order valence-corrected chi connectivity index (χ1v) is 12.2. The second kappa shape index (κ2) is 10.2. The Balaban J connectivity index is 1.30. The Bertz CT molecular complexity index is 1320. The second-order valence-corrected chi connectivity index (χ2v) is 9.10. The summed E-state index contributed by atoms with van der Waals surface area (Å²) in [5, 5.41) is 15.5. The fourth-order valence-electron chi connectivity index (χ4n) is 4.00. The van der Waals surface area contributed by atoms with E-state index in [1.54, 1.807) is 13.4 Å². The Labute approximate surface area is 207 Å². The SMILES string of the molecule is COc1ccc(C2=NN(C(=O)CSc3nnc(Cc4ccccc4)n3C)C(c3ccco3)C2)cc1. The highest BCUT2D eigenvalue weighted by Gasteiger charge is 2.35. The van der Waals surface area contributed by atoms with Gasteiger partial charge in [0.15, 0.2) is 5.16 Å². The van der Waals surface area contributed by atoms with Crippen molar-refractivity contribution < 1.29 is 13.9 Å². The van der Waals surface area contributed by atoms with Crippen LogP contribution < -0.4 is 4.74 Å². The van der Waals surface area contributed by atoms with E-state index < -0.39 is 0 Å². The van der Waals surface area contributed by atoms with E-state index in [1.165, 1.54) is 16.8 Å². The van der Waals surface area contributed by atoms with Crippen LogP contribution in [0.1, 0.15) is 35.2 Å². The van der Waals surface area contributed by atoms with Gasteiger partial charge in [0.1, 0.15) is 23.4 Å². The Morgan fingerprint density at radius 2 is 1.89 bits per heavy atom. The number of amides is 1. The van der Waals surface area contributed by atoms with Crippen molar-refractivity contribution in [2.45, 2.75) is 24.0 Å². The Morgan fingerprint density at radius 1 is 1.09 bits per heavy atom. The lowest BCUT2D eigenvalue weighted by atomic mass is 10.0. The maximum absolute atomic E-state index is 13.3. The first-order chi connectivity index (χ1) is 17.1. The van der Waals surface area contributed by atoms with Gasteiger partial charge in [-0.2, -0.15) is 5.10 Å². The van der Waals surface area contributed by atoms with Gasteiger partial charge >= 0.3 is 0 Å². The number of ether oxygens (including phenoxy) is 1. The fraction of sp³-hybridized carbons (Fsp3) is 0.231. The molecule has 35 heavy (non-hydrogen) atoms. The summed E-state index contributed by atoms with van der Waals surface area (Å²) in [6.07, 6.45) is 2.87. The van der Waals surface area contributed by atoms with Gasteiger partial charge < -0.3 is 13.7 Å². The fourth-order valence-corrected chi connectivity index (χ4v) is 4.78.